The van der Waals surface area contributed by atoms with E-state index in [2.05, 4.69) is 29.7 Å². The molecule has 0 bridgehead atoms. The van der Waals surface area contributed by atoms with Crippen molar-refractivity contribution in [1.29, 1.82) is 0 Å². The smallest absolute Gasteiger partial charge is 0.241 e. The predicted molar refractivity (Wildman–Crippen MR) is 82.8 cm³/mol. The zero-order chi connectivity index (χ0) is 13.9. The van der Waals surface area contributed by atoms with Crippen LogP contribution in [-0.4, -0.2) is 18.5 Å². The average Bonchev–Trinajstić information content (AvgIpc) is 2.48. The zero-order valence-electron chi connectivity index (χ0n) is 11.7. The molecule has 1 aliphatic heterocycles. The first-order valence-electron chi connectivity index (χ1n) is 7.28. The highest BCUT2D eigenvalue weighted by Crippen LogP contribution is 2.24. The van der Waals surface area contributed by atoms with Crippen molar-refractivity contribution in [2.75, 3.05) is 11.9 Å². The van der Waals surface area contributed by atoms with Gasteiger partial charge in [-0.15, -0.1) is 0 Å². The van der Waals surface area contributed by atoms with E-state index in [4.69, 9.17) is 0 Å². The minimum Gasteiger partial charge on any atom is -0.324 e. The van der Waals surface area contributed by atoms with Gasteiger partial charge in [-0.05, 0) is 36.8 Å². The molecule has 104 valence electrons. The fraction of sp³-hybridized carbons (Fsp3) is 0.353. The second-order valence-corrected chi connectivity index (χ2v) is 5.57. The molecule has 1 heterocycles. The third-order valence-electron chi connectivity index (χ3n) is 4.10. The van der Waals surface area contributed by atoms with Gasteiger partial charge in [0.1, 0.15) is 0 Å². The largest absolute Gasteiger partial charge is 0.324 e. The lowest BCUT2D eigenvalue weighted by Gasteiger charge is -2.29. The van der Waals surface area contributed by atoms with Crippen molar-refractivity contribution < 1.29 is 4.79 Å². The van der Waals surface area contributed by atoms with Crippen molar-refractivity contribution in [3.63, 3.8) is 0 Å². The summed E-state index contributed by atoms with van der Waals surface area (Å²) in [5, 5.41) is 8.65. The molecule has 2 atom stereocenters. The van der Waals surface area contributed by atoms with Crippen molar-refractivity contribution in [1.82, 2.24) is 5.32 Å². The fourth-order valence-corrected chi connectivity index (χ4v) is 2.95. The Labute approximate surface area is 119 Å². The number of amides is 1. The van der Waals surface area contributed by atoms with E-state index in [0.29, 0.717) is 5.92 Å². The Balaban J connectivity index is 1.84. The van der Waals surface area contributed by atoms with Gasteiger partial charge in [-0.2, -0.15) is 0 Å². The number of rotatable bonds is 2. The third kappa shape index (κ3) is 2.54. The summed E-state index contributed by atoms with van der Waals surface area (Å²) in [5.74, 6) is 0.465. The van der Waals surface area contributed by atoms with Gasteiger partial charge in [-0.25, -0.2) is 0 Å². The Bertz CT molecular complexity index is 618. The van der Waals surface area contributed by atoms with Crippen LogP contribution in [0.15, 0.2) is 42.5 Å². The summed E-state index contributed by atoms with van der Waals surface area (Å²) in [4.78, 5) is 12.4. The Hall–Kier alpha value is -1.87. The summed E-state index contributed by atoms with van der Waals surface area (Å²) < 4.78 is 0. The lowest BCUT2D eigenvalue weighted by atomic mass is 9.92. The number of piperidine rings is 1. The van der Waals surface area contributed by atoms with Crippen molar-refractivity contribution in [3.05, 3.63) is 42.5 Å². The van der Waals surface area contributed by atoms with Gasteiger partial charge in [0, 0.05) is 11.1 Å². The van der Waals surface area contributed by atoms with E-state index in [1.54, 1.807) is 0 Å². The molecular weight excluding hydrogens is 248 g/mol. The third-order valence-corrected chi connectivity index (χ3v) is 4.10. The molecule has 1 amide bonds. The van der Waals surface area contributed by atoms with Gasteiger partial charge in [0.25, 0.3) is 0 Å². The van der Waals surface area contributed by atoms with Crippen molar-refractivity contribution in [3.8, 4) is 0 Å². The van der Waals surface area contributed by atoms with Gasteiger partial charge in [0.05, 0.1) is 6.04 Å². The maximum atomic E-state index is 12.4. The van der Waals surface area contributed by atoms with Crippen molar-refractivity contribution in [2.45, 2.75) is 25.8 Å². The summed E-state index contributed by atoms with van der Waals surface area (Å²) in [6.07, 6.45) is 2.26. The monoisotopic (exact) mass is 268 g/mol. The average molecular weight is 268 g/mol. The maximum absolute atomic E-state index is 12.4. The van der Waals surface area contributed by atoms with Gasteiger partial charge >= 0.3 is 0 Å². The van der Waals surface area contributed by atoms with E-state index in [0.717, 1.165) is 35.8 Å². The molecule has 1 fully saturated rings. The van der Waals surface area contributed by atoms with E-state index >= 15 is 0 Å². The highest BCUT2D eigenvalue weighted by atomic mass is 16.2. The quantitative estimate of drug-likeness (QED) is 0.878. The SMILES string of the molecule is CC1CCCNC1C(=O)Nc1cccc2ccccc12. The standard InChI is InChI=1S/C17H20N2O/c1-12-6-5-11-18-16(12)17(20)19-15-10-4-8-13-7-2-3-9-14(13)15/h2-4,7-10,12,16,18H,5-6,11H2,1H3,(H,19,20). The molecule has 0 aromatic heterocycles. The van der Waals surface area contributed by atoms with Crippen LogP contribution in [0.5, 0.6) is 0 Å². The lowest BCUT2D eigenvalue weighted by molar-refractivity contribution is -0.119. The molecule has 0 saturated carbocycles. The molecular formula is C17H20N2O. The Morgan fingerprint density at radius 1 is 1.20 bits per heavy atom. The van der Waals surface area contributed by atoms with E-state index in [-0.39, 0.29) is 11.9 Å². The Morgan fingerprint density at radius 3 is 2.85 bits per heavy atom. The van der Waals surface area contributed by atoms with Crippen LogP contribution in [0, 0.1) is 5.92 Å². The summed E-state index contributed by atoms with van der Waals surface area (Å²) in [7, 11) is 0. The number of carbonyl (C=O) groups excluding carboxylic acids is 1. The topological polar surface area (TPSA) is 41.1 Å². The van der Waals surface area contributed by atoms with Crippen LogP contribution in [0.4, 0.5) is 5.69 Å². The number of hydrogen-bond donors (Lipinski definition) is 2. The minimum absolute atomic E-state index is 0.0774. The summed E-state index contributed by atoms with van der Waals surface area (Å²) in [5.41, 5.74) is 0.896. The molecule has 0 spiro atoms. The van der Waals surface area contributed by atoms with Crippen LogP contribution < -0.4 is 10.6 Å². The maximum Gasteiger partial charge on any atom is 0.241 e. The molecule has 3 rings (SSSR count). The van der Waals surface area contributed by atoms with E-state index in [9.17, 15) is 4.79 Å². The highest BCUT2D eigenvalue weighted by Gasteiger charge is 2.27. The van der Waals surface area contributed by atoms with E-state index < -0.39 is 0 Å². The molecule has 2 aromatic carbocycles. The van der Waals surface area contributed by atoms with Crippen LogP contribution in [-0.2, 0) is 4.79 Å². The molecule has 2 N–H and O–H groups in total. The molecule has 2 unspecified atom stereocenters. The molecule has 1 saturated heterocycles. The van der Waals surface area contributed by atoms with Crippen LogP contribution >= 0.6 is 0 Å². The molecule has 0 aliphatic carbocycles. The molecule has 2 aromatic rings. The fourth-order valence-electron chi connectivity index (χ4n) is 2.95. The first-order valence-corrected chi connectivity index (χ1v) is 7.28. The van der Waals surface area contributed by atoms with Crippen LogP contribution in [0.2, 0.25) is 0 Å². The molecule has 20 heavy (non-hydrogen) atoms. The van der Waals surface area contributed by atoms with Gasteiger partial charge in [0.2, 0.25) is 5.91 Å². The number of anilines is 1. The Kier molecular flexibility index (Phi) is 3.70. The van der Waals surface area contributed by atoms with Crippen LogP contribution in [0.3, 0.4) is 0 Å². The molecule has 3 nitrogen and oxygen atoms in total. The summed E-state index contributed by atoms with van der Waals surface area (Å²) in [6.45, 7) is 3.07. The van der Waals surface area contributed by atoms with Crippen molar-refractivity contribution in [2.24, 2.45) is 5.92 Å². The van der Waals surface area contributed by atoms with Gasteiger partial charge in [-0.1, -0.05) is 43.3 Å². The normalized spacial score (nSPS) is 22.6. The second-order valence-electron chi connectivity index (χ2n) is 5.57. The van der Waals surface area contributed by atoms with E-state index in [1.807, 2.05) is 30.3 Å². The van der Waals surface area contributed by atoms with Crippen molar-refractivity contribution >= 4 is 22.4 Å². The van der Waals surface area contributed by atoms with Crippen LogP contribution in [0.1, 0.15) is 19.8 Å². The first kappa shape index (κ1) is 13.1. The predicted octanol–water partition coefficient (Wildman–Crippen LogP) is 3.17. The number of hydrogen-bond acceptors (Lipinski definition) is 2. The van der Waals surface area contributed by atoms with E-state index in [1.165, 1.54) is 0 Å². The van der Waals surface area contributed by atoms with Gasteiger partial charge in [0.15, 0.2) is 0 Å². The first-order chi connectivity index (χ1) is 9.75. The van der Waals surface area contributed by atoms with Gasteiger partial charge in [-0.3, -0.25) is 4.79 Å². The lowest BCUT2D eigenvalue weighted by Crippen LogP contribution is -2.48. The second kappa shape index (κ2) is 5.63. The summed E-state index contributed by atoms with van der Waals surface area (Å²) in [6, 6.07) is 14.0. The number of benzene rings is 2. The molecule has 3 heteroatoms. The molecule has 1 aliphatic rings. The number of nitrogens with one attached hydrogen (secondary N) is 2. The van der Waals surface area contributed by atoms with Crippen LogP contribution in [0.25, 0.3) is 10.8 Å². The zero-order valence-corrected chi connectivity index (χ0v) is 11.7. The minimum atomic E-state index is -0.0808. The Morgan fingerprint density at radius 2 is 2.00 bits per heavy atom. The highest BCUT2D eigenvalue weighted by molar-refractivity contribution is 6.03. The number of fused-ring (bicyclic) bond motifs is 1. The summed E-state index contributed by atoms with van der Waals surface area (Å²) >= 11 is 0. The van der Waals surface area contributed by atoms with Gasteiger partial charge < -0.3 is 10.6 Å². The number of carbonyl (C=O) groups is 1. The molecule has 0 radical (unpaired) electrons.